The minimum atomic E-state index is -0.399. The van der Waals surface area contributed by atoms with E-state index in [1.165, 1.54) is 0 Å². The van der Waals surface area contributed by atoms with Gasteiger partial charge in [-0.1, -0.05) is 35.9 Å². The molecule has 170 valence electrons. The van der Waals surface area contributed by atoms with Gasteiger partial charge in [-0.2, -0.15) is 5.26 Å². The number of carbonyl (C=O) groups excluding carboxylic acids is 2. The highest BCUT2D eigenvalue weighted by molar-refractivity contribution is 8.19. The number of benzene rings is 3. The van der Waals surface area contributed by atoms with Gasteiger partial charge in [0.25, 0.3) is 11.1 Å². The second-order valence-corrected chi connectivity index (χ2v) is 8.62. The Morgan fingerprint density at radius 2 is 1.79 bits per heavy atom. The second kappa shape index (κ2) is 10.5. The Labute approximate surface area is 206 Å². The second-order valence-electron chi connectivity index (χ2n) is 7.19. The molecular weight excluding hydrogens is 472 g/mol. The topological polar surface area (TPSA) is 79.6 Å². The lowest BCUT2D eigenvalue weighted by molar-refractivity contribution is -0.113. The molecule has 0 aromatic heterocycles. The Balaban J connectivity index is 1.56. The third-order valence-corrected chi connectivity index (χ3v) is 6.09. The van der Waals surface area contributed by atoms with Crippen LogP contribution in [0.15, 0.2) is 71.6 Å². The van der Waals surface area contributed by atoms with Crippen LogP contribution in [0.1, 0.15) is 23.6 Å². The molecule has 3 aromatic rings. The number of ether oxygens (including phenoxy) is 2. The van der Waals surface area contributed by atoms with Crippen molar-refractivity contribution in [2.45, 2.75) is 13.5 Å². The van der Waals surface area contributed by atoms with Crippen LogP contribution >= 0.6 is 23.4 Å². The highest BCUT2D eigenvalue weighted by Crippen LogP contribution is 2.37. The Morgan fingerprint density at radius 3 is 2.53 bits per heavy atom. The fourth-order valence-corrected chi connectivity index (χ4v) is 4.31. The molecule has 1 aliphatic rings. The first-order chi connectivity index (χ1) is 16.5. The van der Waals surface area contributed by atoms with E-state index in [9.17, 15) is 14.9 Å². The Morgan fingerprint density at radius 1 is 1.03 bits per heavy atom. The molecule has 0 radical (unpaired) electrons. The van der Waals surface area contributed by atoms with Gasteiger partial charge in [-0.3, -0.25) is 9.59 Å². The lowest BCUT2D eigenvalue weighted by atomic mass is 10.1. The third kappa shape index (κ3) is 5.09. The lowest BCUT2D eigenvalue weighted by Crippen LogP contribution is -2.27. The molecule has 6 nitrogen and oxygen atoms in total. The van der Waals surface area contributed by atoms with Crippen LogP contribution in [0, 0.1) is 11.3 Å². The van der Waals surface area contributed by atoms with Gasteiger partial charge in [0, 0.05) is 10.6 Å². The maximum Gasteiger partial charge on any atom is 0.298 e. The van der Waals surface area contributed by atoms with E-state index in [1.54, 1.807) is 60.7 Å². The molecule has 1 fully saturated rings. The first kappa shape index (κ1) is 23.4. The molecule has 3 aromatic carbocycles. The number of amides is 2. The van der Waals surface area contributed by atoms with Crippen molar-refractivity contribution in [3.05, 3.63) is 93.3 Å². The van der Waals surface area contributed by atoms with Gasteiger partial charge in [-0.05, 0) is 72.8 Å². The molecule has 8 heteroatoms. The minimum Gasteiger partial charge on any atom is -0.490 e. The van der Waals surface area contributed by atoms with Crippen molar-refractivity contribution in [2.24, 2.45) is 0 Å². The summed E-state index contributed by atoms with van der Waals surface area (Å²) < 4.78 is 11.7. The van der Waals surface area contributed by atoms with Crippen molar-refractivity contribution in [3.8, 4) is 17.6 Å². The molecule has 1 aliphatic heterocycles. The van der Waals surface area contributed by atoms with Gasteiger partial charge in [0.2, 0.25) is 0 Å². The summed E-state index contributed by atoms with van der Waals surface area (Å²) in [7, 11) is 0. The average Bonchev–Trinajstić information content (AvgIpc) is 3.12. The monoisotopic (exact) mass is 490 g/mol. The summed E-state index contributed by atoms with van der Waals surface area (Å²) in [6.07, 6.45) is 1.65. The highest BCUT2D eigenvalue weighted by atomic mass is 35.5. The highest BCUT2D eigenvalue weighted by Gasteiger charge is 2.36. The van der Waals surface area contributed by atoms with Crippen molar-refractivity contribution in [1.29, 1.82) is 5.26 Å². The molecule has 0 spiro atoms. The van der Waals surface area contributed by atoms with Crippen LogP contribution in [0.5, 0.6) is 11.5 Å². The number of carbonyl (C=O) groups is 2. The standard InChI is InChI=1S/C26H19ClN2O4S/c1-2-32-23-13-17(7-12-22(23)33-16-19-6-4-3-5-18(19)15-28)14-24-25(30)29(26(31)34-24)21-10-8-20(27)9-11-21/h3-14H,2,16H2,1H3. The van der Waals surface area contributed by atoms with E-state index in [-0.39, 0.29) is 11.8 Å². The molecule has 34 heavy (non-hydrogen) atoms. The van der Waals surface area contributed by atoms with Crippen LogP contribution in [-0.4, -0.2) is 17.8 Å². The van der Waals surface area contributed by atoms with E-state index >= 15 is 0 Å². The number of hydrogen-bond donors (Lipinski definition) is 0. The maximum absolute atomic E-state index is 12.9. The summed E-state index contributed by atoms with van der Waals surface area (Å²) >= 11 is 6.78. The van der Waals surface area contributed by atoms with E-state index in [1.807, 2.05) is 19.1 Å². The zero-order chi connectivity index (χ0) is 24.1. The minimum absolute atomic E-state index is 0.211. The number of hydrogen-bond acceptors (Lipinski definition) is 6. The molecule has 0 N–H and O–H groups in total. The number of nitriles is 1. The summed E-state index contributed by atoms with van der Waals surface area (Å²) in [5, 5.41) is 9.42. The molecule has 2 amide bonds. The molecule has 1 saturated heterocycles. The lowest BCUT2D eigenvalue weighted by Gasteiger charge is -2.13. The van der Waals surface area contributed by atoms with Crippen LogP contribution < -0.4 is 14.4 Å². The molecule has 4 rings (SSSR count). The molecule has 0 saturated carbocycles. The molecular formula is C26H19ClN2O4S. The van der Waals surface area contributed by atoms with Gasteiger partial charge in [0.15, 0.2) is 11.5 Å². The molecule has 0 aliphatic carbocycles. The van der Waals surface area contributed by atoms with Crippen LogP contribution in [-0.2, 0) is 11.4 Å². The molecule has 0 bridgehead atoms. The van der Waals surface area contributed by atoms with Crippen molar-refractivity contribution in [3.63, 3.8) is 0 Å². The Bertz CT molecular complexity index is 1320. The maximum atomic E-state index is 12.9. The smallest absolute Gasteiger partial charge is 0.298 e. The summed E-state index contributed by atoms with van der Waals surface area (Å²) in [6.45, 7) is 2.49. The normalized spacial score (nSPS) is 14.4. The molecule has 0 unspecified atom stereocenters. The van der Waals surface area contributed by atoms with Gasteiger partial charge in [-0.25, -0.2) is 4.90 Å². The predicted octanol–water partition coefficient (Wildman–Crippen LogP) is 6.43. The zero-order valence-corrected chi connectivity index (χ0v) is 19.7. The number of nitrogens with zero attached hydrogens (tertiary/aromatic N) is 2. The number of anilines is 1. The van der Waals surface area contributed by atoms with E-state index in [2.05, 4.69) is 6.07 Å². The molecule has 1 heterocycles. The fourth-order valence-electron chi connectivity index (χ4n) is 3.34. The number of rotatable bonds is 7. The fraction of sp³-hybridized carbons (Fsp3) is 0.115. The summed E-state index contributed by atoms with van der Waals surface area (Å²) in [6, 6.07) is 21.2. The largest absolute Gasteiger partial charge is 0.490 e. The Kier molecular flexibility index (Phi) is 7.21. The van der Waals surface area contributed by atoms with Crippen molar-refractivity contribution in [1.82, 2.24) is 0 Å². The number of imide groups is 1. The summed E-state index contributed by atoms with van der Waals surface area (Å²) in [5.41, 5.74) is 2.47. The van der Waals surface area contributed by atoms with Crippen molar-refractivity contribution in [2.75, 3.05) is 11.5 Å². The van der Waals surface area contributed by atoms with E-state index in [4.69, 9.17) is 21.1 Å². The third-order valence-electron chi connectivity index (χ3n) is 4.96. The van der Waals surface area contributed by atoms with E-state index in [0.717, 1.165) is 22.2 Å². The first-order valence-corrected chi connectivity index (χ1v) is 11.6. The quantitative estimate of drug-likeness (QED) is 0.355. The SMILES string of the molecule is CCOc1cc(C=C2SC(=O)N(c3ccc(Cl)cc3)C2=O)ccc1OCc1ccccc1C#N. The summed E-state index contributed by atoms with van der Waals surface area (Å²) in [4.78, 5) is 26.8. The number of thioether (sulfide) groups is 1. The van der Waals surface area contributed by atoms with E-state index in [0.29, 0.717) is 44.8 Å². The van der Waals surface area contributed by atoms with Crippen LogP contribution in [0.2, 0.25) is 5.02 Å². The molecule has 0 atom stereocenters. The van der Waals surface area contributed by atoms with Gasteiger partial charge in [-0.15, -0.1) is 0 Å². The predicted molar refractivity (Wildman–Crippen MR) is 133 cm³/mol. The first-order valence-electron chi connectivity index (χ1n) is 10.4. The van der Waals surface area contributed by atoms with Gasteiger partial charge in [0.05, 0.1) is 28.8 Å². The van der Waals surface area contributed by atoms with E-state index < -0.39 is 5.91 Å². The Hall–Kier alpha value is -3.73. The number of halogens is 1. The zero-order valence-electron chi connectivity index (χ0n) is 18.2. The van der Waals surface area contributed by atoms with Gasteiger partial charge < -0.3 is 9.47 Å². The van der Waals surface area contributed by atoms with Gasteiger partial charge >= 0.3 is 0 Å². The average molecular weight is 491 g/mol. The van der Waals surface area contributed by atoms with Crippen molar-refractivity contribution < 1.29 is 19.1 Å². The van der Waals surface area contributed by atoms with Crippen LogP contribution in [0.25, 0.3) is 6.08 Å². The summed E-state index contributed by atoms with van der Waals surface area (Å²) in [5.74, 6) is 0.618. The van der Waals surface area contributed by atoms with Crippen LogP contribution in [0.4, 0.5) is 10.5 Å². The van der Waals surface area contributed by atoms with Gasteiger partial charge in [0.1, 0.15) is 6.61 Å². The van der Waals surface area contributed by atoms with Crippen molar-refractivity contribution >= 4 is 46.3 Å². The van der Waals surface area contributed by atoms with Crippen LogP contribution in [0.3, 0.4) is 0 Å².